The molecule has 0 radical (unpaired) electrons. The van der Waals surface area contributed by atoms with E-state index in [2.05, 4.69) is 5.32 Å². The van der Waals surface area contributed by atoms with E-state index in [0.717, 1.165) is 33.8 Å². The van der Waals surface area contributed by atoms with Gasteiger partial charge in [-0.25, -0.2) is 12.8 Å². The van der Waals surface area contributed by atoms with Crippen molar-refractivity contribution in [3.05, 3.63) is 65.5 Å². The summed E-state index contributed by atoms with van der Waals surface area (Å²) in [7, 11) is -3.83. The van der Waals surface area contributed by atoms with E-state index in [4.69, 9.17) is 0 Å². The molecule has 0 aromatic heterocycles. The third kappa shape index (κ3) is 6.52. The molecule has 0 aliphatic carbocycles. The van der Waals surface area contributed by atoms with Crippen LogP contribution < -0.4 is 9.62 Å². The second-order valence-electron chi connectivity index (χ2n) is 7.26. The van der Waals surface area contributed by atoms with Gasteiger partial charge in [0.15, 0.2) is 0 Å². The zero-order chi connectivity index (χ0) is 23.2. The van der Waals surface area contributed by atoms with Crippen molar-refractivity contribution in [1.82, 2.24) is 10.2 Å². The molecule has 0 unspecified atom stereocenters. The Morgan fingerprint density at radius 1 is 1.10 bits per heavy atom. The van der Waals surface area contributed by atoms with Crippen molar-refractivity contribution in [2.24, 2.45) is 0 Å². The minimum atomic E-state index is -3.83. The fourth-order valence-corrected chi connectivity index (χ4v) is 3.95. The summed E-state index contributed by atoms with van der Waals surface area (Å²) in [4.78, 5) is 27.1. The second kappa shape index (κ2) is 10.4. The Morgan fingerprint density at radius 3 is 2.26 bits per heavy atom. The van der Waals surface area contributed by atoms with Gasteiger partial charge in [0.1, 0.15) is 18.4 Å². The van der Waals surface area contributed by atoms with Crippen molar-refractivity contribution in [2.75, 3.05) is 23.7 Å². The maximum atomic E-state index is 13.3. The Bertz CT molecular complexity index is 1030. The average Bonchev–Trinajstić information content (AvgIpc) is 2.71. The summed E-state index contributed by atoms with van der Waals surface area (Å²) in [6, 6.07) is 11.5. The van der Waals surface area contributed by atoms with Crippen LogP contribution in [0.4, 0.5) is 10.1 Å². The highest BCUT2D eigenvalue weighted by atomic mass is 32.2. The first kappa shape index (κ1) is 24.3. The summed E-state index contributed by atoms with van der Waals surface area (Å²) in [5.41, 5.74) is 1.96. The lowest BCUT2D eigenvalue weighted by Gasteiger charge is -2.31. The molecule has 168 valence electrons. The molecule has 2 aromatic rings. The summed E-state index contributed by atoms with van der Waals surface area (Å²) in [5.74, 6) is -1.40. The van der Waals surface area contributed by atoms with Gasteiger partial charge >= 0.3 is 0 Å². The quantitative estimate of drug-likeness (QED) is 0.637. The van der Waals surface area contributed by atoms with E-state index in [0.29, 0.717) is 6.54 Å². The lowest BCUT2D eigenvalue weighted by Crippen LogP contribution is -2.51. The van der Waals surface area contributed by atoms with Crippen molar-refractivity contribution >= 4 is 27.5 Å². The molecule has 1 atom stereocenters. The number of hydrogen-bond acceptors (Lipinski definition) is 4. The molecule has 2 aromatic carbocycles. The number of nitrogens with zero attached hydrogens (tertiary/aromatic N) is 2. The summed E-state index contributed by atoms with van der Waals surface area (Å²) < 4.78 is 39.0. The highest BCUT2D eigenvalue weighted by Gasteiger charge is 2.30. The topological polar surface area (TPSA) is 86.8 Å². The molecule has 0 saturated heterocycles. The van der Waals surface area contributed by atoms with Gasteiger partial charge in [-0.05, 0) is 56.2 Å². The number of rotatable bonds is 9. The molecule has 9 heteroatoms. The summed E-state index contributed by atoms with van der Waals surface area (Å²) in [6.07, 6.45) is 0.975. The molecule has 7 nitrogen and oxygen atoms in total. The first-order valence-electron chi connectivity index (χ1n) is 9.89. The fraction of sp³-hybridized carbons (Fsp3) is 0.364. The van der Waals surface area contributed by atoms with Gasteiger partial charge in [-0.1, -0.05) is 24.3 Å². The van der Waals surface area contributed by atoms with Crippen LogP contribution in [0.3, 0.4) is 0 Å². The molecule has 0 fully saturated rings. The van der Waals surface area contributed by atoms with Crippen molar-refractivity contribution < 1.29 is 22.4 Å². The third-order valence-corrected chi connectivity index (χ3v) is 6.05. The number of aryl methyl sites for hydroxylation is 1. The minimum absolute atomic E-state index is 0.144. The number of sulfonamides is 1. The number of hydrogen-bond donors (Lipinski definition) is 1. The number of benzene rings is 2. The number of halogens is 1. The Labute approximate surface area is 182 Å². The van der Waals surface area contributed by atoms with E-state index in [1.54, 1.807) is 13.8 Å². The van der Waals surface area contributed by atoms with Crippen molar-refractivity contribution in [1.29, 1.82) is 0 Å². The van der Waals surface area contributed by atoms with Gasteiger partial charge in [0.05, 0.1) is 11.9 Å². The van der Waals surface area contributed by atoms with Gasteiger partial charge in [-0.3, -0.25) is 13.9 Å². The van der Waals surface area contributed by atoms with Crippen LogP contribution in [-0.4, -0.2) is 50.5 Å². The van der Waals surface area contributed by atoms with Gasteiger partial charge in [0.2, 0.25) is 21.8 Å². The van der Waals surface area contributed by atoms with Crippen molar-refractivity contribution in [2.45, 2.75) is 33.4 Å². The summed E-state index contributed by atoms with van der Waals surface area (Å²) in [5, 5.41) is 2.70. The largest absolute Gasteiger partial charge is 0.355 e. The monoisotopic (exact) mass is 449 g/mol. The van der Waals surface area contributed by atoms with Crippen LogP contribution in [0.2, 0.25) is 0 Å². The van der Waals surface area contributed by atoms with Crippen LogP contribution in [0.25, 0.3) is 0 Å². The maximum Gasteiger partial charge on any atom is 0.244 e. The van der Waals surface area contributed by atoms with E-state index < -0.39 is 34.3 Å². The van der Waals surface area contributed by atoms with Crippen LogP contribution in [0.1, 0.15) is 25.0 Å². The first-order valence-corrected chi connectivity index (χ1v) is 11.7. The molecule has 0 spiro atoms. The molecule has 0 heterocycles. The van der Waals surface area contributed by atoms with E-state index in [1.165, 1.54) is 17.0 Å². The number of carbonyl (C=O) groups excluding carboxylic acids is 2. The van der Waals surface area contributed by atoms with Crippen molar-refractivity contribution in [3.63, 3.8) is 0 Å². The number of anilines is 1. The van der Waals surface area contributed by atoms with Gasteiger partial charge in [0, 0.05) is 13.1 Å². The SMILES string of the molecule is CCNC(=O)[C@H](C)N(Cc1ccccc1C)C(=O)CN(c1ccc(F)cc1)S(C)(=O)=O. The average molecular weight is 450 g/mol. The Balaban J connectivity index is 2.38. The number of amides is 2. The zero-order valence-electron chi connectivity index (χ0n) is 18.1. The van der Waals surface area contributed by atoms with E-state index in [1.807, 2.05) is 31.2 Å². The smallest absolute Gasteiger partial charge is 0.244 e. The van der Waals surface area contributed by atoms with Crippen molar-refractivity contribution in [3.8, 4) is 0 Å². The predicted molar refractivity (Wildman–Crippen MR) is 118 cm³/mol. The third-order valence-electron chi connectivity index (χ3n) is 4.91. The van der Waals surface area contributed by atoms with E-state index in [9.17, 15) is 22.4 Å². The molecular weight excluding hydrogens is 421 g/mol. The molecule has 2 amide bonds. The lowest BCUT2D eigenvalue weighted by molar-refractivity contribution is -0.139. The second-order valence-corrected chi connectivity index (χ2v) is 9.17. The van der Waals surface area contributed by atoms with Crippen LogP contribution in [0.5, 0.6) is 0 Å². The number of nitrogens with one attached hydrogen (secondary N) is 1. The molecule has 1 N–H and O–H groups in total. The molecule has 0 aliphatic heterocycles. The molecule has 31 heavy (non-hydrogen) atoms. The Kier molecular flexibility index (Phi) is 8.15. The van der Waals surface area contributed by atoms with Gasteiger partial charge in [-0.2, -0.15) is 0 Å². The molecule has 0 saturated carbocycles. The molecular formula is C22H28FN3O4S. The fourth-order valence-electron chi connectivity index (χ4n) is 3.10. The number of carbonyl (C=O) groups is 2. The highest BCUT2D eigenvalue weighted by Crippen LogP contribution is 2.20. The highest BCUT2D eigenvalue weighted by molar-refractivity contribution is 7.92. The minimum Gasteiger partial charge on any atom is -0.355 e. The lowest BCUT2D eigenvalue weighted by atomic mass is 10.1. The van der Waals surface area contributed by atoms with E-state index in [-0.39, 0.29) is 18.1 Å². The maximum absolute atomic E-state index is 13.3. The molecule has 0 bridgehead atoms. The van der Waals surface area contributed by atoms with Gasteiger partial charge in [-0.15, -0.1) is 0 Å². The Hall–Kier alpha value is -2.94. The summed E-state index contributed by atoms with van der Waals surface area (Å²) >= 11 is 0. The molecule has 2 rings (SSSR count). The van der Waals surface area contributed by atoms with E-state index >= 15 is 0 Å². The predicted octanol–water partition coefficient (Wildman–Crippen LogP) is 2.45. The van der Waals surface area contributed by atoms with Gasteiger partial charge in [0.25, 0.3) is 0 Å². The summed E-state index contributed by atoms with van der Waals surface area (Å²) in [6.45, 7) is 5.31. The number of likely N-dealkylation sites (N-methyl/N-ethyl adjacent to an activating group) is 1. The standard InChI is InChI=1S/C22H28FN3O4S/c1-5-24-22(28)17(3)25(14-18-9-7-6-8-16(18)2)21(27)15-26(31(4,29)30)20-12-10-19(23)11-13-20/h6-13,17H,5,14-15H2,1-4H3,(H,24,28)/t17-/m0/s1. The van der Waals surface area contributed by atoms with Crippen LogP contribution in [0.15, 0.2) is 48.5 Å². The van der Waals surface area contributed by atoms with Crippen LogP contribution >= 0.6 is 0 Å². The molecule has 0 aliphatic rings. The zero-order valence-corrected chi connectivity index (χ0v) is 18.9. The Morgan fingerprint density at radius 2 is 1.71 bits per heavy atom. The van der Waals surface area contributed by atoms with Crippen LogP contribution in [0, 0.1) is 12.7 Å². The first-order chi connectivity index (χ1) is 14.5. The normalized spacial score (nSPS) is 12.2. The van der Waals surface area contributed by atoms with Crippen LogP contribution in [-0.2, 0) is 26.2 Å². The van der Waals surface area contributed by atoms with Gasteiger partial charge < -0.3 is 10.2 Å².